The van der Waals surface area contributed by atoms with Crippen LogP contribution in [-0.2, 0) is 31.2 Å². The number of ether oxygens (including phenoxy) is 5. The maximum Gasteiger partial charge on any atom is 0.338 e. The van der Waals surface area contributed by atoms with E-state index in [1.54, 1.807) is 42.5 Å². The zero-order chi connectivity index (χ0) is 46.5. The third-order valence-corrected chi connectivity index (χ3v) is 11.5. The normalized spacial score (nSPS) is 14.1. The highest BCUT2D eigenvalue weighted by molar-refractivity contribution is 6.17. The van der Waals surface area contributed by atoms with Gasteiger partial charge >= 0.3 is 5.97 Å². The Balaban J connectivity index is 1.03. The first kappa shape index (κ1) is 44.6. The van der Waals surface area contributed by atoms with E-state index in [1.165, 1.54) is 12.1 Å². The molecule has 0 aliphatic heterocycles. The van der Waals surface area contributed by atoms with Crippen LogP contribution in [0.3, 0.4) is 0 Å². The van der Waals surface area contributed by atoms with Gasteiger partial charge in [0.2, 0.25) is 11.6 Å². The van der Waals surface area contributed by atoms with E-state index in [9.17, 15) is 9.59 Å². The number of nitrogens with zero attached hydrogens (tertiary/aromatic N) is 3. The summed E-state index contributed by atoms with van der Waals surface area (Å²) in [4.78, 5) is 43.4. The molecule has 9 rings (SSSR count). The molecule has 1 aliphatic rings. The van der Waals surface area contributed by atoms with Crippen molar-refractivity contribution in [3.8, 4) is 34.4 Å². The van der Waals surface area contributed by atoms with Crippen molar-refractivity contribution in [3.05, 3.63) is 220 Å². The van der Waals surface area contributed by atoms with Crippen LogP contribution < -0.4 is 24.3 Å². The summed E-state index contributed by atoms with van der Waals surface area (Å²) < 4.78 is 31.5. The van der Waals surface area contributed by atoms with Crippen LogP contribution in [0.25, 0.3) is 11.4 Å². The Labute approximate surface area is 393 Å². The van der Waals surface area contributed by atoms with Crippen LogP contribution >= 0.6 is 0 Å². The highest BCUT2D eigenvalue weighted by Gasteiger charge is 2.34. The number of tetrazole rings is 1. The van der Waals surface area contributed by atoms with Crippen molar-refractivity contribution in [1.82, 2.24) is 25.9 Å². The van der Waals surface area contributed by atoms with E-state index in [0.29, 0.717) is 36.3 Å². The average molecular weight is 906 g/mol. The molecule has 7 aromatic carbocycles. The number of benzene rings is 7. The number of carbonyl (C=O) groups is 3. The smallest absolute Gasteiger partial charge is 0.338 e. The van der Waals surface area contributed by atoms with Crippen molar-refractivity contribution in [3.63, 3.8) is 0 Å². The molecule has 1 aromatic heterocycles. The third-order valence-electron chi connectivity index (χ3n) is 11.5. The molecule has 2 atom stereocenters. The van der Waals surface area contributed by atoms with Gasteiger partial charge in [-0.15, -0.1) is 10.2 Å². The Hall–Kier alpha value is -8.58. The second-order valence-electron chi connectivity index (χ2n) is 16.2. The molecule has 0 unspecified atom stereocenters. The van der Waals surface area contributed by atoms with Crippen molar-refractivity contribution in [2.24, 2.45) is 0 Å². The van der Waals surface area contributed by atoms with Crippen LogP contribution in [0, 0.1) is 0 Å². The Morgan fingerprint density at radius 2 is 1.07 bits per heavy atom. The number of amides is 1. The van der Waals surface area contributed by atoms with Crippen molar-refractivity contribution in [1.29, 1.82) is 0 Å². The summed E-state index contributed by atoms with van der Waals surface area (Å²) in [6.45, 7) is 0.675. The monoisotopic (exact) mass is 905 g/mol. The summed E-state index contributed by atoms with van der Waals surface area (Å²) in [7, 11) is 0. The highest BCUT2D eigenvalue weighted by Crippen LogP contribution is 2.40. The van der Waals surface area contributed by atoms with E-state index < -0.39 is 23.9 Å². The van der Waals surface area contributed by atoms with Crippen LogP contribution in [0.4, 0.5) is 0 Å². The molecule has 8 aromatic rings. The van der Waals surface area contributed by atoms with E-state index >= 15 is 4.79 Å². The van der Waals surface area contributed by atoms with Crippen LogP contribution in [0.1, 0.15) is 78.2 Å². The minimum absolute atomic E-state index is 0.0383. The molecule has 0 radical (unpaired) electrons. The van der Waals surface area contributed by atoms with Gasteiger partial charge in [-0.3, -0.25) is 9.59 Å². The Bertz CT molecular complexity index is 2870. The predicted molar refractivity (Wildman–Crippen MR) is 253 cm³/mol. The van der Waals surface area contributed by atoms with Gasteiger partial charge in [0.15, 0.2) is 0 Å². The lowest BCUT2D eigenvalue weighted by molar-refractivity contribution is 0.0249. The Morgan fingerprint density at radius 3 is 1.60 bits per heavy atom. The van der Waals surface area contributed by atoms with Gasteiger partial charge in [0, 0.05) is 11.1 Å². The second-order valence-corrected chi connectivity index (χ2v) is 16.2. The summed E-state index contributed by atoms with van der Waals surface area (Å²) in [5.74, 6) is -0.303. The molecule has 13 heteroatoms. The fourth-order valence-corrected chi connectivity index (χ4v) is 7.97. The van der Waals surface area contributed by atoms with Crippen LogP contribution in [0.5, 0.6) is 23.0 Å². The zero-order valence-corrected chi connectivity index (χ0v) is 37.0. The number of rotatable bonds is 19. The topological polar surface area (TPSA) is 164 Å². The van der Waals surface area contributed by atoms with Crippen LogP contribution in [0.15, 0.2) is 176 Å². The molecular formula is C55H47N5O8. The molecular weight excluding hydrogens is 859 g/mol. The Kier molecular flexibility index (Phi) is 14.2. The van der Waals surface area contributed by atoms with Crippen molar-refractivity contribution >= 4 is 17.7 Å². The van der Waals surface area contributed by atoms with E-state index in [-0.39, 0.29) is 65.5 Å². The molecule has 2 N–H and O–H groups in total. The fraction of sp³-hybridized carbons (Fsp3) is 0.164. The Morgan fingerprint density at radius 1 is 0.544 bits per heavy atom. The standard InChI is InChI=1S/C55H47N5O8/c61-52(50-44(53-57-59-60-58-53)23-13-26-47(50)65-34-38-17-7-2-8-18-38)51-48(66-35-39-19-9-3-10-20-39)31-42(32-49(51)67-36-40-21-11-4-12-22-40)55(63)68-46-25-14-24-45(46)56-54(62)41-27-29-43(30-28-41)64-33-37-15-5-1-6-16-37/h1-13,15-23,26-32,45-46H,14,24-25,33-36H2,(H,56,62)(H,57,58,59,60)/t45-,46-/m1/s1. The molecule has 1 heterocycles. The fourth-order valence-electron chi connectivity index (χ4n) is 7.97. The van der Waals surface area contributed by atoms with Gasteiger partial charge in [0.1, 0.15) is 61.1 Å². The maximum absolute atomic E-state index is 15.5. The maximum atomic E-state index is 15.5. The molecule has 0 spiro atoms. The molecule has 68 heavy (non-hydrogen) atoms. The number of esters is 1. The highest BCUT2D eigenvalue weighted by atomic mass is 16.5. The van der Waals surface area contributed by atoms with Gasteiger partial charge in [0.25, 0.3) is 5.91 Å². The first-order chi connectivity index (χ1) is 33.4. The average Bonchev–Trinajstić information content (AvgIpc) is 4.10. The molecule has 1 fully saturated rings. The van der Waals surface area contributed by atoms with Gasteiger partial charge in [0.05, 0.1) is 17.2 Å². The lowest BCUT2D eigenvalue weighted by Gasteiger charge is -2.23. The van der Waals surface area contributed by atoms with Crippen molar-refractivity contribution < 1.29 is 38.1 Å². The zero-order valence-electron chi connectivity index (χ0n) is 37.0. The lowest BCUT2D eigenvalue weighted by atomic mass is 9.94. The van der Waals surface area contributed by atoms with Crippen molar-refractivity contribution in [2.45, 2.75) is 57.8 Å². The SMILES string of the molecule is O=C(N[C@@H]1CCC[C@H]1OC(=O)c1cc(OCc2ccccc2)c(C(=O)c2c(OCc3ccccc3)cccc2-c2nn[nH]n2)c(OCc2ccccc2)c1)c1ccc(OCc2ccccc2)cc1. The molecule has 0 saturated heterocycles. The third kappa shape index (κ3) is 11.1. The minimum atomic E-state index is -0.678. The lowest BCUT2D eigenvalue weighted by Crippen LogP contribution is -2.42. The molecule has 1 aliphatic carbocycles. The molecule has 340 valence electrons. The number of carbonyl (C=O) groups excluding carboxylic acids is 3. The van der Waals surface area contributed by atoms with Gasteiger partial charge < -0.3 is 29.0 Å². The van der Waals surface area contributed by atoms with E-state index in [4.69, 9.17) is 23.7 Å². The minimum Gasteiger partial charge on any atom is -0.489 e. The number of aromatic nitrogens is 4. The number of nitrogens with one attached hydrogen (secondary N) is 2. The number of hydrogen-bond donors (Lipinski definition) is 2. The van der Waals surface area contributed by atoms with E-state index in [1.807, 2.05) is 121 Å². The molecule has 13 nitrogen and oxygen atoms in total. The summed E-state index contributed by atoms with van der Waals surface area (Å²) in [6, 6.07) is 53.0. The number of aromatic amines is 1. The van der Waals surface area contributed by atoms with Gasteiger partial charge in [-0.1, -0.05) is 133 Å². The largest absolute Gasteiger partial charge is 0.489 e. The molecule has 1 saturated carbocycles. The summed E-state index contributed by atoms with van der Waals surface area (Å²) >= 11 is 0. The number of ketones is 1. The van der Waals surface area contributed by atoms with Gasteiger partial charge in [-0.25, -0.2) is 4.79 Å². The van der Waals surface area contributed by atoms with Gasteiger partial charge in [-0.05, 0) is 89.2 Å². The summed E-state index contributed by atoms with van der Waals surface area (Å²) in [5, 5.41) is 17.8. The number of H-pyrrole nitrogens is 1. The van der Waals surface area contributed by atoms with Crippen molar-refractivity contribution in [2.75, 3.05) is 0 Å². The molecule has 1 amide bonds. The van der Waals surface area contributed by atoms with Crippen LogP contribution in [-0.4, -0.2) is 50.4 Å². The number of hydrogen-bond acceptors (Lipinski definition) is 11. The van der Waals surface area contributed by atoms with E-state index in [0.717, 1.165) is 28.7 Å². The first-order valence-corrected chi connectivity index (χ1v) is 22.3. The second kappa shape index (κ2) is 21.6. The quantitative estimate of drug-likeness (QED) is 0.0586. The molecule has 0 bridgehead atoms. The predicted octanol–water partition coefficient (Wildman–Crippen LogP) is 9.92. The summed E-state index contributed by atoms with van der Waals surface area (Å²) in [6.07, 6.45) is 1.25. The van der Waals surface area contributed by atoms with Gasteiger partial charge in [-0.2, -0.15) is 5.21 Å². The van der Waals surface area contributed by atoms with E-state index in [2.05, 4.69) is 25.9 Å². The van der Waals surface area contributed by atoms with Crippen LogP contribution in [0.2, 0.25) is 0 Å². The summed E-state index contributed by atoms with van der Waals surface area (Å²) in [5.41, 5.74) is 4.63. The first-order valence-electron chi connectivity index (χ1n) is 22.3.